The van der Waals surface area contributed by atoms with Gasteiger partial charge in [-0.25, -0.2) is 4.79 Å². The number of carbonyl (C=O) groups is 1. The maximum Gasteiger partial charge on any atom is 0.338 e. The second-order valence-electron chi connectivity index (χ2n) is 6.05. The number of hydrogen-bond acceptors (Lipinski definition) is 8. The number of nitrogens with zero attached hydrogens (tertiary/aromatic N) is 2. The van der Waals surface area contributed by atoms with Crippen LogP contribution < -0.4 is 14.2 Å². The van der Waals surface area contributed by atoms with Crippen LogP contribution >= 0.6 is 0 Å². The van der Waals surface area contributed by atoms with Crippen molar-refractivity contribution in [3.05, 3.63) is 53.4 Å². The van der Waals surface area contributed by atoms with E-state index in [0.717, 1.165) is 12.0 Å². The Morgan fingerprint density at radius 3 is 2.21 bits per heavy atom. The molecule has 0 aliphatic rings. The van der Waals surface area contributed by atoms with Crippen molar-refractivity contribution in [1.82, 2.24) is 10.1 Å². The molecule has 0 unspecified atom stereocenters. The predicted molar refractivity (Wildman–Crippen MR) is 104 cm³/mol. The highest BCUT2D eigenvalue weighted by Crippen LogP contribution is 2.38. The quantitative estimate of drug-likeness (QED) is 0.531. The molecule has 3 aromatic rings. The standard InChI is InChI=1S/C21H22N2O6/c1-5-13-6-8-14(9-7-13)20-22-18(29-23-20)12-28-21(24)15-10-16(25-2)19(27-4)17(11-15)26-3/h6-11H,5,12H2,1-4H3. The van der Waals surface area contributed by atoms with E-state index in [0.29, 0.717) is 23.1 Å². The van der Waals surface area contributed by atoms with Crippen molar-refractivity contribution >= 4 is 5.97 Å². The Hall–Kier alpha value is -3.55. The first-order valence-corrected chi connectivity index (χ1v) is 8.98. The van der Waals surface area contributed by atoms with Gasteiger partial charge in [0.1, 0.15) is 0 Å². The molecule has 0 aliphatic heterocycles. The number of hydrogen-bond donors (Lipinski definition) is 0. The third-order valence-electron chi connectivity index (χ3n) is 4.32. The van der Waals surface area contributed by atoms with E-state index in [4.69, 9.17) is 23.5 Å². The Labute approximate surface area is 168 Å². The molecule has 0 fully saturated rings. The molecule has 0 amide bonds. The lowest BCUT2D eigenvalue weighted by molar-refractivity contribution is 0.0429. The first kappa shape index (κ1) is 20.2. The van der Waals surface area contributed by atoms with Crippen LogP contribution in [0.4, 0.5) is 0 Å². The summed E-state index contributed by atoms with van der Waals surface area (Å²) < 4.78 is 26.2. The Bertz CT molecular complexity index is 956. The number of ether oxygens (including phenoxy) is 4. The van der Waals surface area contributed by atoms with Crippen LogP contribution in [0.2, 0.25) is 0 Å². The lowest BCUT2D eigenvalue weighted by atomic mass is 10.1. The molecule has 0 N–H and O–H groups in total. The molecule has 1 heterocycles. The second kappa shape index (κ2) is 9.09. The number of esters is 1. The molecule has 0 bridgehead atoms. The molecule has 8 nitrogen and oxygen atoms in total. The third-order valence-corrected chi connectivity index (χ3v) is 4.32. The molecule has 152 valence electrons. The third kappa shape index (κ3) is 4.48. The fourth-order valence-corrected chi connectivity index (χ4v) is 2.73. The van der Waals surface area contributed by atoms with E-state index < -0.39 is 5.97 Å². The highest BCUT2D eigenvalue weighted by atomic mass is 16.6. The van der Waals surface area contributed by atoms with Gasteiger partial charge in [0.2, 0.25) is 11.6 Å². The first-order valence-electron chi connectivity index (χ1n) is 8.98. The second-order valence-corrected chi connectivity index (χ2v) is 6.05. The zero-order valence-corrected chi connectivity index (χ0v) is 16.7. The molecular formula is C21H22N2O6. The molecule has 0 spiro atoms. The highest BCUT2D eigenvalue weighted by Gasteiger charge is 2.19. The van der Waals surface area contributed by atoms with E-state index in [2.05, 4.69) is 17.1 Å². The van der Waals surface area contributed by atoms with Gasteiger partial charge in [-0.1, -0.05) is 36.3 Å². The first-order chi connectivity index (χ1) is 14.1. The summed E-state index contributed by atoms with van der Waals surface area (Å²) >= 11 is 0. The Morgan fingerprint density at radius 2 is 1.66 bits per heavy atom. The molecule has 1 aromatic heterocycles. The average Bonchev–Trinajstić information content (AvgIpc) is 3.25. The van der Waals surface area contributed by atoms with Gasteiger partial charge in [0, 0.05) is 5.56 Å². The van der Waals surface area contributed by atoms with Gasteiger partial charge in [-0.15, -0.1) is 0 Å². The summed E-state index contributed by atoms with van der Waals surface area (Å²) in [7, 11) is 4.43. The monoisotopic (exact) mass is 398 g/mol. The van der Waals surface area contributed by atoms with Crippen LogP contribution in [0.25, 0.3) is 11.4 Å². The molecule has 0 radical (unpaired) electrons. The van der Waals surface area contributed by atoms with E-state index in [9.17, 15) is 4.79 Å². The summed E-state index contributed by atoms with van der Waals surface area (Å²) in [6.45, 7) is 1.93. The minimum absolute atomic E-state index is 0.157. The van der Waals surface area contributed by atoms with Crippen LogP contribution in [0.3, 0.4) is 0 Å². The Kier molecular flexibility index (Phi) is 6.33. The van der Waals surface area contributed by atoms with Crippen LogP contribution in [0.15, 0.2) is 40.9 Å². The zero-order chi connectivity index (χ0) is 20.8. The molecular weight excluding hydrogens is 376 g/mol. The van der Waals surface area contributed by atoms with Crippen LogP contribution in [0, 0.1) is 0 Å². The topological polar surface area (TPSA) is 92.9 Å². The van der Waals surface area contributed by atoms with E-state index in [1.807, 2.05) is 24.3 Å². The van der Waals surface area contributed by atoms with E-state index in [1.54, 1.807) is 0 Å². The molecule has 8 heteroatoms. The van der Waals surface area contributed by atoms with Crippen molar-refractivity contribution < 1.29 is 28.3 Å². The van der Waals surface area contributed by atoms with Gasteiger partial charge in [-0.3, -0.25) is 0 Å². The van der Waals surface area contributed by atoms with Gasteiger partial charge in [-0.2, -0.15) is 4.98 Å². The Morgan fingerprint density at radius 1 is 1.00 bits per heavy atom. The Balaban J connectivity index is 1.70. The SMILES string of the molecule is CCc1ccc(-c2noc(COC(=O)c3cc(OC)c(OC)c(OC)c3)n2)cc1. The fourth-order valence-electron chi connectivity index (χ4n) is 2.73. The summed E-state index contributed by atoms with van der Waals surface area (Å²) in [5.41, 5.74) is 2.29. The van der Waals surface area contributed by atoms with Crippen LogP contribution in [0.5, 0.6) is 17.2 Å². The summed E-state index contributed by atoms with van der Waals surface area (Å²) in [5.74, 6) is 1.15. The number of rotatable bonds is 8. The van der Waals surface area contributed by atoms with Gasteiger partial charge in [0.05, 0.1) is 26.9 Å². The van der Waals surface area contributed by atoms with Crippen LogP contribution in [-0.4, -0.2) is 37.4 Å². The number of benzene rings is 2. The van der Waals surface area contributed by atoms with Crippen molar-refractivity contribution in [3.8, 4) is 28.6 Å². The van der Waals surface area contributed by atoms with Crippen molar-refractivity contribution in [2.24, 2.45) is 0 Å². The van der Waals surface area contributed by atoms with Gasteiger partial charge < -0.3 is 23.5 Å². The van der Waals surface area contributed by atoms with Gasteiger partial charge in [0.15, 0.2) is 18.1 Å². The smallest absolute Gasteiger partial charge is 0.338 e. The van der Waals surface area contributed by atoms with E-state index in [1.165, 1.54) is 39.0 Å². The summed E-state index contributed by atoms with van der Waals surface area (Å²) in [6, 6.07) is 10.9. The maximum absolute atomic E-state index is 12.4. The number of aryl methyl sites for hydroxylation is 1. The van der Waals surface area contributed by atoms with Crippen molar-refractivity contribution in [3.63, 3.8) is 0 Å². The van der Waals surface area contributed by atoms with Gasteiger partial charge in [0.25, 0.3) is 5.89 Å². The van der Waals surface area contributed by atoms with Gasteiger partial charge in [-0.05, 0) is 24.1 Å². The lowest BCUT2D eigenvalue weighted by Crippen LogP contribution is -2.07. The van der Waals surface area contributed by atoms with Gasteiger partial charge >= 0.3 is 5.97 Å². The lowest BCUT2D eigenvalue weighted by Gasteiger charge is -2.13. The predicted octanol–water partition coefficient (Wildman–Crippen LogP) is 3.68. The van der Waals surface area contributed by atoms with E-state index in [-0.39, 0.29) is 18.1 Å². The van der Waals surface area contributed by atoms with Crippen molar-refractivity contribution in [1.29, 1.82) is 0 Å². The fraction of sp³-hybridized carbons (Fsp3) is 0.286. The molecule has 2 aromatic carbocycles. The van der Waals surface area contributed by atoms with Crippen LogP contribution in [0.1, 0.15) is 28.7 Å². The minimum atomic E-state index is -0.587. The van der Waals surface area contributed by atoms with Crippen LogP contribution in [-0.2, 0) is 17.8 Å². The number of aromatic nitrogens is 2. The molecule has 0 saturated heterocycles. The molecule has 29 heavy (non-hydrogen) atoms. The number of methoxy groups -OCH3 is 3. The van der Waals surface area contributed by atoms with Crippen molar-refractivity contribution in [2.45, 2.75) is 20.0 Å². The maximum atomic E-state index is 12.4. The highest BCUT2D eigenvalue weighted by molar-refractivity contribution is 5.91. The molecule has 0 aliphatic carbocycles. The summed E-state index contributed by atoms with van der Waals surface area (Å²) in [6.07, 6.45) is 0.953. The summed E-state index contributed by atoms with van der Waals surface area (Å²) in [5, 5.41) is 3.94. The van der Waals surface area contributed by atoms with Crippen molar-refractivity contribution in [2.75, 3.05) is 21.3 Å². The molecule has 0 atom stereocenters. The largest absolute Gasteiger partial charge is 0.493 e. The minimum Gasteiger partial charge on any atom is -0.493 e. The zero-order valence-electron chi connectivity index (χ0n) is 16.7. The van der Waals surface area contributed by atoms with E-state index >= 15 is 0 Å². The average molecular weight is 398 g/mol. The normalized spacial score (nSPS) is 10.5. The number of carbonyl (C=O) groups excluding carboxylic acids is 1. The molecule has 0 saturated carbocycles. The summed E-state index contributed by atoms with van der Waals surface area (Å²) in [4.78, 5) is 16.7. The molecule has 3 rings (SSSR count).